The summed E-state index contributed by atoms with van der Waals surface area (Å²) in [4.78, 5) is 36.6. The van der Waals surface area contributed by atoms with Crippen LogP contribution in [0.2, 0.25) is 5.02 Å². The molecule has 2 atom stereocenters. The van der Waals surface area contributed by atoms with Crippen LogP contribution in [0, 0.1) is 10.1 Å². The first-order chi connectivity index (χ1) is 15.3. The molecule has 0 spiro atoms. The minimum Gasteiger partial charge on any atom is -0.466 e. The number of hydrogen-bond acceptors (Lipinski definition) is 6. The number of hydrogen-bond donors (Lipinski definition) is 1. The number of ketones is 1. The topological polar surface area (TPSA) is 98.5 Å². The molecule has 2 aromatic carbocycles. The lowest BCUT2D eigenvalue weighted by Crippen LogP contribution is -2.36. The zero-order chi connectivity index (χ0) is 23.0. The van der Waals surface area contributed by atoms with Crippen molar-refractivity contribution in [2.75, 3.05) is 7.11 Å². The number of allylic oxidation sites excluding steroid dienone is 3. The minimum absolute atomic E-state index is 0.0176. The summed E-state index contributed by atoms with van der Waals surface area (Å²) >= 11 is 6.01. The lowest BCUT2D eigenvalue weighted by molar-refractivity contribution is -0.384. The Bertz CT molecular complexity index is 1170. The number of esters is 1. The number of dihydropyridines is 1. The van der Waals surface area contributed by atoms with E-state index in [4.69, 9.17) is 16.3 Å². The van der Waals surface area contributed by atoms with Crippen LogP contribution in [0.15, 0.2) is 71.1 Å². The summed E-state index contributed by atoms with van der Waals surface area (Å²) in [6.45, 7) is 1.77. The summed E-state index contributed by atoms with van der Waals surface area (Å²) in [5, 5.41) is 15.0. The van der Waals surface area contributed by atoms with Gasteiger partial charge >= 0.3 is 5.97 Å². The standard InChI is InChI=1S/C24H21ClN2O5/c1-13-21(24(29)32-2)22(15-5-9-18(10-6-15)27(30)31)23-19(26-13)11-16(12-20(23)28)14-3-7-17(25)8-4-14/h3-10,16,22,26H,11-12H2,1-2H3/t16-,22-/m0/s1. The molecule has 0 unspecified atom stereocenters. The highest BCUT2D eigenvalue weighted by molar-refractivity contribution is 6.30. The molecule has 7 nitrogen and oxygen atoms in total. The van der Waals surface area contributed by atoms with Crippen LogP contribution in [0.5, 0.6) is 0 Å². The van der Waals surface area contributed by atoms with Crippen LogP contribution in [0.4, 0.5) is 5.69 Å². The monoisotopic (exact) mass is 452 g/mol. The predicted molar refractivity (Wildman–Crippen MR) is 119 cm³/mol. The van der Waals surface area contributed by atoms with Crippen LogP contribution < -0.4 is 5.32 Å². The Labute approximate surface area is 189 Å². The van der Waals surface area contributed by atoms with Gasteiger partial charge in [-0.05, 0) is 42.5 Å². The van der Waals surface area contributed by atoms with Crippen molar-refractivity contribution in [1.29, 1.82) is 0 Å². The molecule has 0 bridgehead atoms. The van der Waals surface area contributed by atoms with Crippen LogP contribution in [0.3, 0.4) is 0 Å². The number of ether oxygens (including phenoxy) is 1. The number of Topliss-reactive ketones (excluding diaryl/α,β-unsaturated/α-hetero) is 1. The number of nitro groups is 1. The van der Waals surface area contributed by atoms with Crippen molar-refractivity contribution in [3.8, 4) is 0 Å². The zero-order valence-electron chi connectivity index (χ0n) is 17.6. The van der Waals surface area contributed by atoms with Gasteiger partial charge in [0.2, 0.25) is 0 Å². The van der Waals surface area contributed by atoms with Crippen molar-refractivity contribution in [2.24, 2.45) is 0 Å². The van der Waals surface area contributed by atoms with Crippen molar-refractivity contribution in [1.82, 2.24) is 5.32 Å². The van der Waals surface area contributed by atoms with Gasteiger partial charge in [0.1, 0.15) is 0 Å². The molecule has 0 saturated heterocycles. The Hall–Kier alpha value is -3.45. The van der Waals surface area contributed by atoms with E-state index in [0.717, 1.165) is 11.3 Å². The van der Waals surface area contributed by atoms with E-state index in [-0.39, 0.29) is 17.4 Å². The SMILES string of the molecule is COC(=O)C1=C(C)NC2=C(C(=O)C[C@@H](c3ccc(Cl)cc3)C2)[C@H]1c1ccc([N+](=O)[O-])cc1. The largest absolute Gasteiger partial charge is 0.466 e. The molecule has 1 heterocycles. The summed E-state index contributed by atoms with van der Waals surface area (Å²) in [5.41, 5.74) is 3.78. The van der Waals surface area contributed by atoms with E-state index in [1.165, 1.54) is 19.2 Å². The minimum atomic E-state index is -0.654. The average Bonchev–Trinajstić information content (AvgIpc) is 2.78. The van der Waals surface area contributed by atoms with Crippen LogP contribution >= 0.6 is 11.6 Å². The van der Waals surface area contributed by atoms with E-state index in [1.54, 1.807) is 31.2 Å². The fourth-order valence-corrected chi connectivity index (χ4v) is 4.64. The van der Waals surface area contributed by atoms with Crippen molar-refractivity contribution >= 4 is 29.0 Å². The quantitative estimate of drug-likeness (QED) is 0.407. The second kappa shape index (κ2) is 8.59. The summed E-state index contributed by atoms with van der Waals surface area (Å²) < 4.78 is 5.00. The average molecular weight is 453 g/mol. The second-order valence-corrected chi connectivity index (χ2v) is 8.35. The number of nitro benzene ring substituents is 1. The molecule has 1 aliphatic carbocycles. The van der Waals surface area contributed by atoms with Gasteiger partial charge in [0.15, 0.2) is 5.78 Å². The number of halogens is 1. The fourth-order valence-electron chi connectivity index (χ4n) is 4.51. The molecule has 1 aliphatic heterocycles. The maximum absolute atomic E-state index is 13.4. The molecule has 0 aromatic heterocycles. The summed E-state index contributed by atoms with van der Waals surface area (Å²) in [6, 6.07) is 13.4. The van der Waals surface area contributed by atoms with Gasteiger partial charge in [-0.3, -0.25) is 14.9 Å². The lowest BCUT2D eigenvalue weighted by Gasteiger charge is -2.36. The van der Waals surface area contributed by atoms with E-state index in [2.05, 4.69) is 5.32 Å². The maximum Gasteiger partial charge on any atom is 0.336 e. The molecular weight excluding hydrogens is 432 g/mol. The van der Waals surface area contributed by atoms with Crippen molar-refractivity contribution < 1.29 is 19.2 Å². The number of non-ortho nitro benzene ring substituents is 1. The van der Waals surface area contributed by atoms with E-state index < -0.39 is 16.8 Å². The molecule has 1 N–H and O–H groups in total. The first kappa shape index (κ1) is 21.8. The van der Waals surface area contributed by atoms with E-state index in [0.29, 0.717) is 40.3 Å². The maximum atomic E-state index is 13.4. The number of nitrogens with zero attached hydrogens (tertiary/aromatic N) is 1. The van der Waals surface area contributed by atoms with Gasteiger partial charge in [-0.1, -0.05) is 35.9 Å². The fraction of sp³-hybridized carbons (Fsp3) is 0.250. The highest BCUT2D eigenvalue weighted by Crippen LogP contribution is 2.45. The second-order valence-electron chi connectivity index (χ2n) is 7.91. The van der Waals surface area contributed by atoms with Crippen LogP contribution in [-0.4, -0.2) is 23.8 Å². The molecule has 2 aromatic rings. The Balaban J connectivity index is 1.79. The highest BCUT2D eigenvalue weighted by atomic mass is 35.5. The number of carbonyl (C=O) groups excluding carboxylic acids is 2. The molecule has 0 saturated carbocycles. The molecular formula is C24H21ClN2O5. The van der Waals surface area contributed by atoms with E-state index in [9.17, 15) is 19.7 Å². The lowest BCUT2D eigenvalue weighted by atomic mass is 9.71. The van der Waals surface area contributed by atoms with E-state index >= 15 is 0 Å². The Kier molecular flexibility index (Phi) is 5.84. The smallest absolute Gasteiger partial charge is 0.336 e. The molecule has 4 rings (SSSR count). The Morgan fingerprint density at radius 1 is 1.09 bits per heavy atom. The van der Waals surface area contributed by atoms with Crippen LogP contribution in [0.25, 0.3) is 0 Å². The molecule has 2 aliphatic rings. The zero-order valence-corrected chi connectivity index (χ0v) is 18.3. The Morgan fingerprint density at radius 2 is 1.72 bits per heavy atom. The first-order valence-corrected chi connectivity index (χ1v) is 10.5. The molecule has 0 amide bonds. The summed E-state index contributed by atoms with van der Waals surface area (Å²) in [5.74, 6) is -1.29. The van der Waals surface area contributed by atoms with Gasteiger partial charge in [0.05, 0.1) is 17.6 Å². The van der Waals surface area contributed by atoms with Crippen molar-refractivity contribution in [3.63, 3.8) is 0 Å². The van der Waals surface area contributed by atoms with E-state index in [1.807, 2.05) is 12.1 Å². The van der Waals surface area contributed by atoms with Crippen molar-refractivity contribution in [2.45, 2.75) is 31.6 Å². The predicted octanol–water partition coefficient (Wildman–Crippen LogP) is 4.78. The van der Waals surface area contributed by atoms with Gasteiger partial charge in [-0.15, -0.1) is 0 Å². The molecule has 0 radical (unpaired) electrons. The van der Waals surface area contributed by atoms with Crippen LogP contribution in [0.1, 0.15) is 42.7 Å². The third kappa shape index (κ3) is 3.91. The Morgan fingerprint density at radius 3 is 2.31 bits per heavy atom. The third-order valence-electron chi connectivity index (χ3n) is 6.01. The molecule has 32 heavy (non-hydrogen) atoms. The van der Waals surface area contributed by atoms with Crippen molar-refractivity contribution in [3.05, 3.63) is 97.3 Å². The third-order valence-corrected chi connectivity index (χ3v) is 6.26. The van der Waals surface area contributed by atoms with Gasteiger partial charge in [-0.2, -0.15) is 0 Å². The van der Waals surface area contributed by atoms with Crippen LogP contribution in [-0.2, 0) is 14.3 Å². The number of nitrogens with one attached hydrogen (secondary N) is 1. The molecule has 0 fully saturated rings. The number of carbonyl (C=O) groups is 2. The first-order valence-electron chi connectivity index (χ1n) is 10.1. The molecule has 164 valence electrons. The number of benzene rings is 2. The summed E-state index contributed by atoms with van der Waals surface area (Å²) in [6.07, 6.45) is 0.886. The van der Waals surface area contributed by atoms with Gasteiger partial charge < -0.3 is 10.1 Å². The molecule has 8 heteroatoms. The highest BCUT2D eigenvalue weighted by Gasteiger charge is 2.41. The number of methoxy groups -OCH3 is 1. The van der Waals surface area contributed by atoms with Gasteiger partial charge in [0.25, 0.3) is 5.69 Å². The normalized spacial score (nSPS) is 20.5. The number of rotatable bonds is 4. The van der Waals surface area contributed by atoms with Gasteiger partial charge in [0, 0.05) is 46.5 Å². The van der Waals surface area contributed by atoms with Gasteiger partial charge in [-0.25, -0.2) is 4.79 Å². The summed E-state index contributed by atoms with van der Waals surface area (Å²) in [7, 11) is 1.29.